The number of halogens is 1. The molecule has 84 valence electrons. The Morgan fingerprint density at radius 2 is 1.93 bits per heavy atom. The first kappa shape index (κ1) is 12.1. The lowest BCUT2D eigenvalue weighted by molar-refractivity contribution is 0.0924. The Morgan fingerprint density at radius 3 is 2.47 bits per heavy atom. The van der Waals surface area contributed by atoms with Gasteiger partial charge in [0.15, 0.2) is 0 Å². The number of aliphatic hydroxyl groups excluding tert-OH is 2. The second kappa shape index (κ2) is 5.80. The monoisotopic (exact) mass is 213 g/mol. The Balaban J connectivity index is 2.46. The first-order chi connectivity index (χ1) is 7.13. The number of benzene rings is 1. The van der Waals surface area contributed by atoms with E-state index in [2.05, 4.69) is 5.32 Å². The second-order valence-corrected chi connectivity index (χ2v) is 3.52. The highest BCUT2D eigenvalue weighted by Gasteiger charge is 2.07. The molecule has 0 saturated carbocycles. The number of hydrogen-bond donors (Lipinski definition) is 3. The van der Waals surface area contributed by atoms with Gasteiger partial charge in [-0.2, -0.15) is 0 Å². The third-order valence-electron chi connectivity index (χ3n) is 2.24. The Bertz CT molecular complexity index is 289. The molecule has 0 spiro atoms. The minimum Gasteiger partial charge on any atom is -0.394 e. The van der Waals surface area contributed by atoms with Gasteiger partial charge in [-0.15, -0.1) is 0 Å². The molecule has 4 heteroatoms. The molecule has 3 nitrogen and oxygen atoms in total. The van der Waals surface area contributed by atoms with E-state index >= 15 is 0 Å². The van der Waals surface area contributed by atoms with Crippen molar-refractivity contribution in [2.24, 2.45) is 0 Å². The van der Waals surface area contributed by atoms with E-state index in [9.17, 15) is 4.39 Å². The molecule has 1 unspecified atom stereocenters. The van der Waals surface area contributed by atoms with Gasteiger partial charge in [-0.05, 0) is 24.6 Å². The predicted molar refractivity (Wildman–Crippen MR) is 55.9 cm³/mol. The summed E-state index contributed by atoms with van der Waals surface area (Å²) in [7, 11) is 0. The molecule has 1 aromatic rings. The topological polar surface area (TPSA) is 52.5 Å². The molecular formula is C11H16FNO2. The standard InChI is InChI=1S/C11H16FNO2/c1-8(13-6-11(15)7-14)9-2-4-10(12)5-3-9/h2-5,8,11,13-15H,6-7H2,1H3/t8-,11?/m0/s1. The van der Waals surface area contributed by atoms with Crippen LogP contribution in [0.3, 0.4) is 0 Å². The molecule has 0 amide bonds. The van der Waals surface area contributed by atoms with Gasteiger partial charge in [0.25, 0.3) is 0 Å². The molecule has 2 atom stereocenters. The first-order valence-corrected chi connectivity index (χ1v) is 4.91. The third kappa shape index (κ3) is 3.95. The average Bonchev–Trinajstić information content (AvgIpc) is 2.26. The van der Waals surface area contributed by atoms with Gasteiger partial charge in [0.1, 0.15) is 5.82 Å². The van der Waals surface area contributed by atoms with Crippen LogP contribution in [-0.4, -0.2) is 29.5 Å². The Hall–Kier alpha value is -0.970. The number of nitrogens with one attached hydrogen (secondary N) is 1. The van der Waals surface area contributed by atoms with Crippen molar-refractivity contribution in [2.45, 2.75) is 19.1 Å². The van der Waals surface area contributed by atoms with Gasteiger partial charge in [-0.3, -0.25) is 0 Å². The van der Waals surface area contributed by atoms with Gasteiger partial charge < -0.3 is 15.5 Å². The normalized spacial score (nSPS) is 14.9. The molecule has 1 aromatic carbocycles. The highest BCUT2D eigenvalue weighted by atomic mass is 19.1. The molecule has 0 aliphatic heterocycles. The average molecular weight is 213 g/mol. The van der Waals surface area contributed by atoms with Crippen molar-refractivity contribution in [1.29, 1.82) is 0 Å². The van der Waals surface area contributed by atoms with E-state index in [0.717, 1.165) is 5.56 Å². The second-order valence-electron chi connectivity index (χ2n) is 3.52. The minimum atomic E-state index is -0.757. The van der Waals surface area contributed by atoms with Crippen LogP contribution in [0, 0.1) is 5.82 Å². The Morgan fingerprint density at radius 1 is 1.33 bits per heavy atom. The number of rotatable bonds is 5. The Kier molecular flexibility index (Phi) is 4.68. The SMILES string of the molecule is C[C@H](NCC(O)CO)c1ccc(F)cc1. The quantitative estimate of drug-likeness (QED) is 0.679. The summed E-state index contributed by atoms with van der Waals surface area (Å²) >= 11 is 0. The summed E-state index contributed by atoms with van der Waals surface area (Å²) in [5, 5.41) is 20.8. The molecule has 1 rings (SSSR count). The van der Waals surface area contributed by atoms with E-state index < -0.39 is 6.10 Å². The summed E-state index contributed by atoms with van der Waals surface area (Å²) in [6.45, 7) is 1.97. The highest BCUT2D eigenvalue weighted by Crippen LogP contribution is 2.12. The fourth-order valence-corrected chi connectivity index (χ4v) is 1.25. The smallest absolute Gasteiger partial charge is 0.123 e. The van der Waals surface area contributed by atoms with Crippen molar-refractivity contribution in [3.05, 3.63) is 35.6 Å². The van der Waals surface area contributed by atoms with E-state index in [4.69, 9.17) is 10.2 Å². The van der Waals surface area contributed by atoms with Crippen LogP contribution in [0.4, 0.5) is 4.39 Å². The van der Waals surface area contributed by atoms with E-state index in [1.807, 2.05) is 6.92 Å². The van der Waals surface area contributed by atoms with E-state index in [0.29, 0.717) is 6.54 Å². The summed E-state index contributed by atoms with van der Waals surface area (Å²) in [5.74, 6) is -0.263. The van der Waals surface area contributed by atoms with Crippen LogP contribution < -0.4 is 5.32 Å². The zero-order valence-electron chi connectivity index (χ0n) is 8.65. The fraction of sp³-hybridized carbons (Fsp3) is 0.455. The first-order valence-electron chi connectivity index (χ1n) is 4.91. The van der Waals surface area contributed by atoms with Gasteiger partial charge in [-0.25, -0.2) is 4.39 Å². The molecule has 15 heavy (non-hydrogen) atoms. The van der Waals surface area contributed by atoms with Crippen LogP contribution in [0.2, 0.25) is 0 Å². The Labute approximate surface area is 88.6 Å². The fourth-order valence-electron chi connectivity index (χ4n) is 1.25. The van der Waals surface area contributed by atoms with Crippen molar-refractivity contribution in [1.82, 2.24) is 5.32 Å². The van der Waals surface area contributed by atoms with Gasteiger partial charge in [-0.1, -0.05) is 12.1 Å². The largest absolute Gasteiger partial charge is 0.394 e. The maximum absolute atomic E-state index is 12.6. The lowest BCUT2D eigenvalue weighted by atomic mass is 10.1. The van der Waals surface area contributed by atoms with Gasteiger partial charge in [0.2, 0.25) is 0 Å². The zero-order valence-corrected chi connectivity index (χ0v) is 8.65. The van der Waals surface area contributed by atoms with Crippen LogP contribution in [-0.2, 0) is 0 Å². The van der Waals surface area contributed by atoms with Crippen molar-refractivity contribution >= 4 is 0 Å². The van der Waals surface area contributed by atoms with Crippen LogP contribution in [0.25, 0.3) is 0 Å². The van der Waals surface area contributed by atoms with Crippen molar-refractivity contribution in [2.75, 3.05) is 13.2 Å². The van der Waals surface area contributed by atoms with Crippen LogP contribution in [0.5, 0.6) is 0 Å². The number of hydrogen-bond acceptors (Lipinski definition) is 3. The van der Waals surface area contributed by atoms with Crippen LogP contribution in [0.1, 0.15) is 18.5 Å². The summed E-state index contributed by atoms with van der Waals surface area (Å²) in [6, 6.07) is 6.20. The third-order valence-corrected chi connectivity index (χ3v) is 2.24. The lowest BCUT2D eigenvalue weighted by Crippen LogP contribution is -2.31. The van der Waals surface area contributed by atoms with E-state index in [1.54, 1.807) is 12.1 Å². The summed E-state index contributed by atoms with van der Waals surface area (Å²) in [6.07, 6.45) is -0.757. The van der Waals surface area contributed by atoms with E-state index in [-0.39, 0.29) is 18.5 Å². The maximum Gasteiger partial charge on any atom is 0.123 e. The summed E-state index contributed by atoms with van der Waals surface area (Å²) in [4.78, 5) is 0. The molecular weight excluding hydrogens is 197 g/mol. The van der Waals surface area contributed by atoms with Crippen LogP contribution >= 0.6 is 0 Å². The zero-order chi connectivity index (χ0) is 11.3. The van der Waals surface area contributed by atoms with Crippen LogP contribution in [0.15, 0.2) is 24.3 Å². The van der Waals surface area contributed by atoms with Crippen molar-refractivity contribution in [3.8, 4) is 0 Å². The van der Waals surface area contributed by atoms with Crippen molar-refractivity contribution in [3.63, 3.8) is 0 Å². The number of aliphatic hydroxyl groups is 2. The lowest BCUT2D eigenvalue weighted by Gasteiger charge is -2.16. The molecule has 0 radical (unpaired) electrons. The summed E-state index contributed by atoms with van der Waals surface area (Å²) < 4.78 is 12.6. The maximum atomic E-state index is 12.6. The highest BCUT2D eigenvalue weighted by molar-refractivity contribution is 5.19. The molecule has 0 fully saturated rings. The van der Waals surface area contributed by atoms with E-state index in [1.165, 1.54) is 12.1 Å². The summed E-state index contributed by atoms with van der Waals surface area (Å²) in [5.41, 5.74) is 0.946. The molecule has 3 N–H and O–H groups in total. The molecule has 0 saturated heterocycles. The molecule has 0 heterocycles. The minimum absolute atomic E-state index is 0.0202. The molecule has 0 bridgehead atoms. The molecule has 0 aromatic heterocycles. The van der Waals surface area contributed by atoms with Crippen molar-refractivity contribution < 1.29 is 14.6 Å². The molecule has 0 aliphatic carbocycles. The van der Waals surface area contributed by atoms with Gasteiger partial charge in [0, 0.05) is 12.6 Å². The van der Waals surface area contributed by atoms with Gasteiger partial charge >= 0.3 is 0 Å². The van der Waals surface area contributed by atoms with Gasteiger partial charge in [0.05, 0.1) is 12.7 Å². The predicted octanol–water partition coefficient (Wildman–Crippen LogP) is 0.830. The molecule has 0 aliphatic rings.